The van der Waals surface area contributed by atoms with Gasteiger partial charge in [0.25, 0.3) is 5.91 Å². The SMILES string of the molecule is CC.CNc1cc(C(=O)NCc2ccc(F)cc2)ncn1.Cc1c(C(=O)O)ccc2c1CCC2C=O. The molecule has 8 nitrogen and oxygen atoms in total. The second-order valence-corrected chi connectivity index (χ2v) is 7.74. The van der Waals surface area contributed by atoms with E-state index >= 15 is 0 Å². The molecule has 3 aromatic rings. The van der Waals surface area contributed by atoms with E-state index in [-0.39, 0.29) is 23.3 Å². The molecule has 190 valence electrons. The van der Waals surface area contributed by atoms with E-state index < -0.39 is 5.97 Å². The summed E-state index contributed by atoms with van der Waals surface area (Å²) < 4.78 is 12.7. The van der Waals surface area contributed by atoms with Crippen LogP contribution in [-0.2, 0) is 17.8 Å². The summed E-state index contributed by atoms with van der Waals surface area (Å²) in [6, 6.07) is 10.9. The minimum Gasteiger partial charge on any atom is -0.478 e. The highest BCUT2D eigenvalue weighted by Crippen LogP contribution is 2.34. The number of rotatable bonds is 6. The van der Waals surface area contributed by atoms with Gasteiger partial charge in [0.2, 0.25) is 0 Å². The van der Waals surface area contributed by atoms with Crippen LogP contribution in [0, 0.1) is 12.7 Å². The van der Waals surface area contributed by atoms with Crippen molar-refractivity contribution >= 4 is 24.0 Å². The van der Waals surface area contributed by atoms with E-state index in [0.717, 1.165) is 41.4 Å². The Labute approximate surface area is 210 Å². The zero-order chi connectivity index (χ0) is 26.7. The van der Waals surface area contributed by atoms with Crippen LogP contribution >= 0.6 is 0 Å². The lowest BCUT2D eigenvalue weighted by molar-refractivity contribution is -0.109. The molecule has 0 bridgehead atoms. The number of carboxylic acid groups (broad SMARTS) is 1. The van der Waals surface area contributed by atoms with Crippen molar-refractivity contribution in [3.63, 3.8) is 0 Å². The van der Waals surface area contributed by atoms with E-state index in [4.69, 9.17) is 5.11 Å². The van der Waals surface area contributed by atoms with Crippen LogP contribution in [0.25, 0.3) is 0 Å². The Morgan fingerprint density at radius 3 is 2.44 bits per heavy atom. The quantitative estimate of drug-likeness (QED) is 0.430. The Balaban J connectivity index is 0.000000243. The number of hydrogen-bond acceptors (Lipinski definition) is 6. The minimum atomic E-state index is -0.898. The van der Waals surface area contributed by atoms with Crippen LogP contribution in [0.4, 0.5) is 10.2 Å². The van der Waals surface area contributed by atoms with Gasteiger partial charge in [-0.25, -0.2) is 19.2 Å². The molecule has 9 heteroatoms. The summed E-state index contributed by atoms with van der Waals surface area (Å²) in [4.78, 5) is 41.4. The third kappa shape index (κ3) is 7.18. The van der Waals surface area contributed by atoms with Crippen LogP contribution in [-0.4, -0.2) is 40.3 Å². The van der Waals surface area contributed by atoms with Gasteiger partial charge in [-0.1, -0.05) is 32.0 Å². The van der Waals surface area contributed by atoms with Gasteiger partial charge in [0.05, 0.1) is 5.56 Å². The highest BCUT2D eigenvalue weighted by molar-refractivity contribution is 5.92. The summed E-state index contributed by atoms with van der Waals surface area (Å²) in [7, 11) is 1.71. The first-order valence-corrected chi connectivity index (χ1v) is 11.7. The van der Waals surface area contributed by atoms with E-state index in [1.807, 2.05) is 20.8 Å². The predicted molar refractivity (Wildman–Crippen MR) is 136 cm³/mol. The van der Waals surface area contributed by atoms with Crippen molar-refractivity contribution in [3.05, 3.63) is 88.1 Å². The number of nitrogens with one attached hydrogen (secondary N) is 2. The monoisotopic (exact) mass is 494 g/mol. The molecule has 0 saturated carbocycles. The normalized spacial score (nSPS) is 13.2. The Bertz CT molecular complexity index is 1200. The lowest BCUT2D eigenvalue weighted by Crippen LogP contribution is -2.24. The number of carboxylic acids is 1. The highest BCUT2D eigenvalue weighted by atomic mass is 19.1. The fraction of sp³-hybridized carbons (Fsp3) is 0.296. The molecule has 36 heavy (non-hydrogen) atoms. The van der Waals surface area contributed by atoms with E-state index in [2.05, 4.69) is 20.6 Å². The fourth-order valence-corrected chi connectivity index (χ4v) is 3.78. The lowest BCUT2D eigenvalue weighted by Gasteiger charge is -2.08. The molecule has 1 aliphatic carbocycles. The molecule has 1 aromatic heterocycles. The molecule has 1 unspecified atom stereocenters. The Hall–Kier alpha value is -4.14. The molecule has 4 rings (SSSR count). The van der Waals surface area contributed by atoms with Crippen LogP contribution < -0.4 is 10.6 Å². The lowest BCUT2D eigenvalue weighted by atomic mass is 9.96. The highest BCUT2D eigenvalue weighted by Gasteiger charge is 2.25. The van der Waals surface area contributed by atoms with Gasteiger partial charge in [0.1, 0.15) is 29.9 Å². The third-order valence-corrected chi connectivity index (χ3v) is 5.66. The first kappa shape index (κ1) is 28.1. The maximum Gasteiger partial charge on any atom is 0.335 e. The molecule has 0 radical (unpaired) electrons. The number of aldehydes is 1. The maximum atomic E-state index is 12.7. The number of fused-ring (bicyclic) bond motifs is 1. The number of carbonyl (C=O) groups is 3. The van der Waals surface area contributed by atoms with Crippen molar-refractivity contribution in [3.8, 4) is 0 Å². The molecule has 3 N–H and O–H groups in total. The number of carbonyl (C=O) groups excluding carboxylic acids is 2. The average Bonchev–Trinajstić information content (AvgIpc) is 3.34. The first-order valence-electron chi connectivity index (χ1n) is 11.7. The minimum absolute atomic E-state index is 0.0402. The van der Waals surface area contributed by atoms with Crippen molar-refractivity contribution in [1.82, 2.24) is 15.3 Å². The molecule has 0 fully saturated rings. The number of nitrogens with zero attached hydrogens (tertiary/aromatic N) is 2. The van der Waals surface area contributed by atoms with Gasteiger partial charge in [-0.2, -0.15) is 0 Å². The van der Waals surface area contributed by atoms with Crippen LogP contribution in [0.5, 0.6) is 0 Å². The number of aromatic carboxylic acids is 1. The van der Waals surface area contributed by atoms with Crippen LogP contribution in [0.15, 0.2) is 48.8 Å². The maximum absolute atomic E-state index is 12.7. The number of amides is 1. The van der Waals surface area contributed by atoms with Gasteiger partial charge in [-0.05, 0) is 60.2 Å². The second kappa shape index (κ2) is 13.7. The van der Waals surface area contributed by atoms with Gasteiger partial charge in [0, 0.05) is 25.6 Å². The van der Waals surface area contributed by atoms with Crippen LogP contribution in [0.1, 0.15) is 69.3 Å². The standard InChI is InChI=1S/C13H13FN4O.C12H12O3.C2H6/c1-15-12-6-11(17-8-18-12)13(19)16-7-9-2-4-10(14)5-3-9;1-7-9-3-2-8(6-13)11(9)5-4-10(7)12(14)15;1-2/h2-6,8H,7H2,1H3,(H,16,19)(H,15,17,18);4-6,8H,2-3H2,1H3,(H,14,15);1-2H3. The first-order chi connectivity index (χ1) is 17.3. The fourth-order valence-electron chi connectivity index (χ4n) is 3.78. The Morgan fingerprint density at radius 2 is 1.83 bits per heavy atom. The third-order valence-electron chi connectivity index (χ3n) is 5.66. The van der Waals surface area contributed by atoms with E-state index in [1.165, 1.54) is 18.5 Å². The summed E-state index contributed by atoms with van der Waals surface area (Å²) in [6.45, 7) is 6.13. The zero-order valence-corrected chi connectivity index (χ0v) is 20.8. The van der Waals surface area contributed by atoms with Crippen molar-refractivity contribution in [2.45, 2.75) is 46.1 Å². The molecule has 1 amide bonds. The molecule has 1 aliphatic rings. The van der Waals surface area contributed by atoms with Gasteiger partial charge < -0.3 is 20.5 Å². The number of hydrogen-bond donors (Lipinski definition) is 3. The van der Waals surface area contributed by atoms with Gasteiger partial charge in [-0.15, -0.1) is 0 Å². The zero-order valence-electron chi connectivity index (χ0n) is 20.8. The van der Waals surface area contributed by atoms with E-state index in [1.54, 1.807) is 37.4 Å². The number of anilines is 1. The largest absolute Gasteiger partial charge is 0.478 e. The molecular weight excluding hydrogens is 463 g/mol. The molecule has 1 heterocycles. The summed E-state index contributed by atoms with van der Waals surface area (Å²) in [5.74, 6) is -0.971. The summed E-state index contributed by atoms with van der Waals surface area (Å²) in [6.07, 6.45) is 3.89. The Kier molecular flexibility index (Phi) is 10.7. The van der Waals surface area contributed by atoms with E-state index in [9.17, 15) is 18.8 Å². The molecule has 1 atom stereocenters. The van der Waals surface area contributed by atoms with Gasteiger partial charge in [-0.3, -0.25) is 4.79 Å². The second-order valence-electron chi connectivity index (χ2n) is 7.74. The molecule has 2 aromatic carbocycles. The summed E-state index contributed by atoms with van der Waals surface area (Å²) >= 11 is 0. The number of benzene rings is 2. The van der Waals surface area contributed by atoms with Crippen molar-refractivity contribution in [1.29, 1.82) is 0 Å². The van der Waals surface area contributed by atoms with Crippen molar-refractivity contribution in [2.75, 3.05) is 12.4 Å². The average molecular weight is 495 g/mol. The summed E-state index contributed by atoms with van der Waals surface area (Å²) in [5, 5.41) is 14.5. The molecule has 0 spiro atoms. The van der Waals surface area contributed by atoms with Gasteiger partial charge in [0.15, 0.2) is 0 Å². The van der Waals surface area contributed by atoms with Crippen molar-refractivity contribution < 1.29 is 23.9 Å². The van der Waals surface area contributed by atoms with E-state index in [0.29, 0.717) is 17.9 Å². The van der Waals surface area contributed by atoms with Gasteiger partial charge >= 0.3 is 5.97 Å². The van der Waals surface area contributed by atoms with Crippen LogP contribution in [0.3, 0.4) is 0 Å². The van der Waals surface area contributed by atoms with Crippen LogP contribution in [0.2, 0.25) is 0 Å². The molecule has 0 aliphatic heterocycles. The smallest absolute Gasteiger partial charge is 0.335 e. The Morgan fingerprint density at radius 1 is 1.14 bits per heavy atom. The topological polar surface area (TPSA) is 121 Å². The summed E-state index contributed by atoms with van der Waals surface area (Å²) in [5.41, 5.74) is 4.31. The molecular formula is C27H31FN4O4. The van der Waals surface area contributed by atoms with Crippen molar-refractivity contribution in [2.24, 2.45) is 0 Å². The number of halogens is 1. The molecule has 0 saturated heterocycles. The number of aromatic nitrogens is 2. The predicted octanol–water partition coefficient (Wildman–Crippen LogP) is 4.54.